The number of nitrogens with zero attached hydrogens (tertiary/aromatic N) is 3. The number of carbonyl (C=O) groups excluding carboxylic acids is 1. The number of allylic oxidation sites excluding steroid dienone is 1. The summed E-state index contributed by atoms with van der Waals surface area (Å²) < 4.78 is 13.4. The van der Waals surface area contributed by atoms with E-state index in [2.05, 4.69) is 10.4 Å². The maximum absolute atomic E-state index is 11.5. The van der Waals surface area contributed by atoms with Crippen molar-refractivity contribution in [3.63, 3.8) is 0 Å². The Morgan fingerprint density at radius 1 is 1.48 bits per heavy atom. The predicted octanol–water partition coefficient (Wildman–Crippen LogP) is 1.79. The predicted molar refractivity (Wildman–Crippen MR) is 111 cm³/mol. The van der Waals surface area contributed by atoms with Crippen LogP contribution in [0.2, 0.25) is 0 Å². The van der Waals surface area contributed by atoms with Crippen LogP contribution >= 0.6 is 0 Å². The summed E-state index contributed by atoms with van der Waals surface area (Å²) in [7, 11) is 0. The summed E-state index contributed by atoms with van der Waals surface area (Å²) >= 11 is 0. The van der Waals surface area contributed by atoms with Crippen molar-refractivity contribution in [2.45, 2.75) is 38.3 Å². The summed E-state index contributed by atoms with van der Waals surface area (Å²) in [6, 6.07) is 4.13. The Balaban J connectivity index is 1.57. The number of carbonyl (C=O) groups is 1. The highest BCUT2D eigenvalue weighted by Crippen LogP contribution is 2.28. The number of ether oxygens (including phenoxy) is 2. The van der Waals surface area contributed by atoms with Crippen molar-refractivity contribution in [1.29, 1.82) is 0 Å². The zero-order chi connectivity index (χ0) is 20.2. The van der Waals surface area contributed by atoms with Gasteiger partial charge in [0.1, 0.15) is 17.4 Å². The van der Waals surface area contributed by atoms with E-state index in [0.717, 1.165) is 42.7 Å². The van der Waals surface area contributed by atoms with E-state index in [1.807, 2.05) is 31.5 Å². The summed E-state index contributed by atoms with van der Waals surface area (Å²) in [5, 5.41) is 7.23. The van der Waals surface area contributed by atoms with Crippen LogP contribution in [0.1, 0.15) is 31.7 Å². The number of nitrogens with one attached hydrogen (secondary N) is 1. The molecule has 2 unspecified atom stereocenters. The molecular weight excluding hydrogens is 370 g/mol. The first-order valence-electron chi connectivity index (χ1n) is 10.1. The summed E-state index contributed by atoms with van der Waals surface area (Å²) in [4.78, 5) is 16.2. The molecule has 4 rings (SSSR count). The van der Waals surface area contributed by atoms with Crippen LogP contribution in [0.3, 0.4) is 0 Å². The van der Waals surface area contributed by atoms with Crippen LogP contribution in [-0.4, -0.2) is 53.6 Å². The van der Waals surface area contributed by atoms with Gasteiger partial charge in [0.25, 0.3) is 0 Å². The number of hydrogen-bond acceptors (Lipinski definition) is 6. The average molecular weight is 397 g/mol. The molecule has 0 spiro atoms. The number of aliphatic imine (C=N–C) groups is 1. The molecule has 2 aromatic heterocycles. The van der Waals surface area contributed by atoms with Crippen molar-refractivity contribution < 1.29 is 14.3 Å². The monoisotopic (exact) mass is 397 g/mol. The maximum Gasteiger partial charge on any atom is 0.220 e. The number of amides is 1. The van der Waals surface area contributed by atoms with Gasteiger partial charge in [-0.3, -0.25) is 9.79 Å². The smallest absolute Gasteiger partial charge is 0.220 e. The summed E-state index contributed by atoms with van der Waals surface area (Å²) in [5.74, 6) is 0.936. The summed E-state index contributed by atoms with van der Waals surface area (Å²) in [6.07, 6.45) is 9.26. The van der Waals surface area contributed by atoms with Crippen LogP contribution in [-0.2, 0) is 9.53 Å². The van der Waals surface area contributed by atoms with Gasteiger partial charge in [-0.15, -0.1) is 0 Å². The van der Waals surface area contributed by atoms with E-state index >= 15 is 0 Å². The fraction of sp³-hybridized carbons (Fsp3) is 0.476. The molecule has 0 aromatic carbocycles. The topological polar surface area (TPSA) is 103 Å². The van der Waals surface area contributed by atoms with Gasteiger partial charge >= 0.3 is 0 Å². The molecule has 8 nitrogen and oxygen atoms in total. The lowest BCUT2D eigenvalue weighted by atomic mass is 10.0. The largest absolute Gasteiger partial charge is 0.488 e. The second-order valence-corrected chi connectivity index (χ2v) is 7.59. The second kappa shape index (κ2) is 8.65. The van der Waals surface area contributed by atoms with Crippen LogP contribution < -0.4 is 15.8 Å². The van der Waals surface area contributed by atoms with Crippen LogP contribution in [0.4, 0.5) is 0 Å². The SMILES string of the molecule is CC(Oc1cc(C(C=NC2CCOCC2)=CN)cn2nccc12)C1CNC(=O)C1. The van der Waals surface area contributed by atoms with Crippen LogP contribution in [0.25, 0.3) is 11.1 Å². The van der Waals surface area contributed by atoms with Gasteiger partial charge in [0, 0.05) is 61.8 Å². The van der Waals surface area contributed by atoms with Crippen molar-refractivity contribution in [2.24, 2.45) is 16.6 Å². The van der Waals surface area contributed by atoms with Gasteiger partial charge in [0.2, 0.25) is 5.91 Å². The molecule has 154 valence electrons. The number of aromatic nitrogens is 2. The maximum atomic E-state index is 11.5. The zero-order valence-electron chi connectivity index (χ0n) is 16.6. The molecule has 0 aliphatic carbocycles. The minimum atomic E-state index is -0.107. The van der Waals surface area contributed by atoms with E-state index in [4.69, 9.17) is 20.2 Å². The third-order valence-electron chi connectivity index (χ3n) is 5.58. The van der Waals surface area contributed by atoms with Gasteiger partial charge < -0.3 is 20.5 Å². The third-order valence-corrected chi connectivity index (χ3v) is 5.58. The molecule has 2 fully saturated rings. The number of fused-ring (bicyclic) bond motifs is 1. The lowest BCUT2D eigenvalue weighted by Crippen LogP contribution is -2.25. The molecule has 29 heavy (non-hydrogen) atoms. The molecule has 4 heterocycles. The fourth-order valence-electron chi connectivity index (χ4n) is 3.74. The van der Waals surface area contributed by atoms with Crippen LogP contribution in [0.15, 0.2) is 35.7 Å². The number of nitrogens with two attached hydrogens (primary N) is 1. The van der Waals surface area contributed by atoms with E-state index in [1.165, 1.54) is 0 Å². The zero-order valence-corrected chi connectivity index (χ0v) is 16.6. The first kappa shape index (κ1) is 19.4. The first-order valence-corrected chi connectivity index (χ1v) is 10.1. The molecule has 2 saturated heterocycles. The Labute approximate surface area is 169 Å². The highest BCUT2D eigenvalue weighted by molar-refractivity contribution is 6.09. The lowest BCUT2D eigenvalue weighted by Gasteiger charge is -2.21. The standard InChI is InChI=1S/C21H27N5O3/c1-14(15-9-21(27)24-11-15)29-20-8-16(13-26-19(20)2-5-25-26)17(10-22)12-23-18-3-6-28-7-4-18/h2,5,8,10,12-15,18H,3-4,6-7,9,11,22H2,1H3,(H,24,27). The quantitative estimate of drug-likeness (QED) is 0.724. The molecule has 3 N–H and O–H groups in total. The Hall–Kier alpha value is -2.87. The minimum Gasteiger partial charge on any atom is -0.488 e. The van der Waals surface area contributed by atoms with Gasteiger partial charge in [-0.1, -0.05) is 0 Å². The molecule has 0 bridgehead atoms. The molecule has 2 atom stereocenters. The Kier molecular flexibility index (Phi) is 5.80. The summed E-state index contributed by atoms with van der Waals surface area (Å²) in [6.45, 7) is 4.13. The average Bonchev–Trinajstić information content (AvgIpc) is 3.38. The van der Waals surface area contributed by atoms with E-state index < -0.39 is 0 Å². The number of pyridine rings is 1. The Bertz CT molecular complexity index is 930. The minimum absolute atomic E-state index is 0.0753. The van der Waals surface area contributed by atoms with Crippen molar-refractivity contribution >= 4 is 23.2 Å². The molecule has 0 radical (unpaired) electrons. The first-order chi connectivity index (χ1) is 14.1. The summed E-state index contributed by atoms with van der Waals surface area (Å²) in [5.41, 5.74) is 8.47. The van der Waals surface area contributed by atoms with E-state index in [1.54, 1.807) is 16.9 Å². The van der Waals surface area contributed by atoms with Crippen molar-refractivity contribution in [1.82, 2.24) is 14.9 Å². The van der Waals surface area contributed by atoms with Gasteiger partial charge in [0.05, 0.1) is 12.2 Å². The number of hydrogen-bond donors (Lipinski definition) is 2. The highest BCUT2D eigenvalue weighted by Gasteiger charge is 2.28. The third kappa shape index (κ3) is 4.42. The molecule has 1 amide bonds. The van der Waals surface area contributed by atoms with Crippen LogP contribution in [0.5, 0.6) is 5.75 Å². The fourth-order valence-corrected chi connectivity index (χ4v) is 3.74. The molecule has 2 aliphatic heterocycles. The molecule has 2 aromatic rings. The molecule has 8 heteroatoms. The molecule has 2 aliphatic rings. The molecule has 0 saturated carbocycles. The van der Waals surface area contributed by atoms with Gasteiger partial charge in [0.15, 0.2) is 0 Å². The Morgan fingerprint density at radius 2 is 2.31 bits per heavy atom. The van der Waals surface area contributed by atoms with Crippen molar-refractivity contribution in [2.75, 3.05) is 19.8 Å². The van der Waals surface area contributed by atoms with Gasteiger partial charge in [-0.05, 0) is 31.9 Å². The second-order valence-electron chi connectivity index (χ2n) is 7.59. The normalized spacial score (nSPS) is 22.3. The van der Waals surface area contributed by atoms with Crippen molar-refractivity contribution in [3.05, 3.63) is 36.3 Å². The van der Waals surface area contributed by atoms with Crippen molar-refractivity contribution in [3.8, 4) is 5.75 Å². The van der Waals surface area contributed by atoms with E-state index in [0.29, 0.717) is 18.7 Å². The van der Waals surface area contributed by atoms with Crippen LogP contribution in [0, 0.1) is 5.92 Å². The van der Waals surface area contributed by atoms with Gasteiger partial charge in [-0.25, -0.2) is 4.52 Å². The molecular formula is C21H27N5O3. The van der Waals surface area contributed by atoms with E-state index in [-0.39, 0.29) is 24.0 Å². The number of rotatable bonds is 6. The van der Waals surface area contributed by atoms with Gasteiger partial charge in [-0.2, -0.15) is 5.10 Å². The lowest BCUT2D eigenvalue weighted by molar-refractivity contribution is -0.119. The Morgan fingerprint density at radius 3 is 3.03 bits per heavy atom. The van der Waals surface area contributed by atoms with E-state index in [9.17, 15) is 4.79 Å². The highest BCUT2D eigenvalue weighted by atomic mass is 16.5.